The van der Waals surface area contributed by atoms with Gasteiger partial charge in [0.05, 0.1) is 7.95 Å². The van der Waals surface area contributed by atoms with Crippen molar-refractivity contribution < 1.29 is 19.8 Å². The van der Waals surface area contributed by atoms with Crippen LogP contribution in [0.15, 0.2) is 0 Å². The Morgan fingerprint density at radius 1 is 1.77 bits per heavy atom. The van der Waals surface area contributed by atoms with Gasteiger partial charge in [-0.2, -0.15) is 0 Å². The first kappa shape index (κ1) is 9.63. The summed E-state index contributed by atoms with van der Waals surface area (Å²) in [6.45, 7) is 3.64. The molecule has 0 saturated carbocycles. The fraction of sp³-hybridized carbons (Fsp3) is 1.00. The monoisotopic (exact) mass is 212 g/mol. The molecule has 1 saturated heterocycles. The SMILES string of the molecule is [3H][C@@H]1O[C@H](OCP(C)(C)=O)[C@@H](C)[C@@H]1F. The summed E-state index contributed by atoms with van der Waals surface area (Å²) >= 11 is 0. The van der Waals surface area contributed by atoms with Crippen LogP contribution in [0, 0.1) is 5.92 Å². The lowest BCUT2D eigenvalue weighted by Crippen LogP contribution is -2.21. The highest BCUT2D eigenvalue weighted by Gasteiger charge is 2.35. The Balaban J connectivity index is 2.44. The number of hydrogen-bond acceptors (Lipinski definition) is 3. The van der Waals surface area contributed by atoms with Crippen molar-refractivity contribution >= 4 is 7.14 Å². The minimum absolute atomic E-state index is 0.0709. The summed E-state index contributed by atoms with van der Waals surface area (Å²) in [5, 5.41) is 0. The molecule has 0 unspecified atom stereocenters. The van der Waals surface area contributed by atoms with Crippen LogP contribution in [-0.2, 0) is 14.0 Å². The van der Waals surface area contributed by atoms with Crippen molar-refractivity contribution in [2.24, 2.45) is 5.92 Å². The van der Waals surface area contributed by atoms with E-state index in [0.717, 1.165) is 0 Å². The number of rotatable bonds is 3. The Hall–Kier alpha value is 0.0800. The van der Waals surface area contributed by atoms with Gasteiger partial charge in [-0.25, -0.2) is 4.39 Å². The minimum atomic E-state index is -2.27. The van der Waals surface area contributed by atoms with Crippen molar-refractivity contribution in [2.75, 3.05) is 26.3 Å². The average molecular weight is 212 g/mol. The molecule has 78 valence electrons. The lowest BCUT2D eigenvalue weighted by molar-refractivity contribution is -0.114. The van der Waals surface area contributed by atoms with Crippen LogP contribution in [0.1, 0.15) is 8.29 Å². The predicted molar refractivity (Wildman–Crippen MR) is 49.2 cm³/mol. The second-order valence-corrected chi connectivity index (χ2v) is 7.22. The van der Waals surface area contributed by atoms with Crippen LogP contribution in [0.4, 0.5) is 4.39 Å². The number of halogens is 1. The lowest BCUT2D eigenvalue weighted by Gasteiger charge is -2.17. The van der Waals surface area contributed by atoms with Crippen LogP contribution in [-0.4, -0.2) is 38.7 Å². The van der Waals surface area contributed by atoms with Crippen LogP contribution in [0.5, 0.6) is 0 Å². The molecule has 0 amide bonds. The Labute approximate surface area is 79.4 Å². The third-order valence-electron chi connectivity index (χ3n) is 1.82. The molecule has 0 aromatic rings. The summed E-state index contributed by atoms with van der Waals surface area (Å²) in [6, 6.07) is 0. The van der Waals surface area contributed by atoms with Crippen molar-refractivity contribution in [3.05, 3.63) is 0 Å². The van der Waals surface area contributed by atoms with Gasteiger partial charge in [0.15, 0.2) is 6.29 Å². The zero-order chi connectivity index (χ0) is 10.9. The molecule has 0 aliphatic carbocycles. The molecule has 1 aliphatic rings. The van der Waals surface area contributed by atoms with E-state index in [4.69, 9.17) is 10.8 Å². The van der Waals surface area contributed by atoms with Gasteiger partial charge >= 0.3 is 0 Å². The van der Waals surface area contributed by atoms with E-state index < -0.39 is 32.1 Å². The van der Waals surface area contributed by atoms with Crippen molar-refractivity contribution in [3.8, 4) is 0 Å². The maximum absolute atomic E-state index is 13.1. The molecule has 0 aromatic carbocycles. The fourth-order valence-electron chi connectivity index (χ4n) is 0.994. The van der Waals surface area contributed by atoms with E-state index in [1.54, 1.807) is 20.3 Å². The number of alkyl halides is 1. The normalized spacial score (nSPS) is 42.0. The van der Waals surface area contributed by atoms with Crippen molar-refractivity contribution in [2.45, 2.75) is 19.4 Å². The Bertz CT molecular complexity index is 245. The minimum Gasteiger partial charge on any atom is -0.349 e. The molecule has 3 nitrogen and oxygen atoms in total. The molecule has 0 radical (unpaired) electrons. The van der Waals surface area contributed by atoms with Gasteiger partial charge in [0.25, 0.3) is 0 Å². The van der Waals surface area contributed by atoms with Gasteiger partial charge in [-0.15, -0.1) is 0 Å². The van der Waals surface area contributed by atoms with Gasteiger partial charge in [-0.1, -0.05) is 6.92 Å². The number of ether oxygens (including phenoxy) is 2. The second kappa shape index (κ2) is 4.07. The van der Waals surface area contributed by atoms with Crippen LogP contribution in [0.3, 0.4) is 0 Å². The van der Waals surface area contributed by atoms with Crippen molar-refractivity contribution in [1.29, 1.82) is 0 Å². The summed E-state index contributed by atoms with van der Waals surface area (Å²) in [7, 11) is -2.27. The number of hydrogen-bond donors (Lipinski definition) is 0. The fourth-order valence-corrected chi connectivity index (χ4v) is 1.50. The maximum atomic E-state index is 13.1. The van der Waals surface area contributed by atoms with Gasteiger partial charge in [-0.3, -0.25) is 0 Å². The zero-order valence-corrected chi connectivity index (χ0v) is 8.96. The van der Waals surface area contributed by atoms with Crippen LogP contribution in [0.25, 0.3) is 0 Å². The highest BCUT2D eigenvalue weighted by molar-refractivity contribution is 7.62. The van der Waals surface area contributed by atoms with Gasteiger partial charge in [-0.05, 0) is 13.3 Å². The van der Waals surface area contributed by atoms with Gasteiger partial charge in [0, 0.05) is 5.92 Å². The maximum Gasteiger partial charge on any atom is 0.163 e. The zero-order valence-electron chi connectivity index (χ0n) is 9.07. The first-order valence-corrected chi connectivity index (χ1v) is 6.97. The van der Waals surface area contributed by atoms with Gasteiger partial charge < -0.3 is 14.0 Å². The first-order chi connectivity index (χ1) is 6.31. The Morgan fingerprint density at radius 2 is 2.38 bits per heavy atom. The van der Waals surface area contributed by atoms with Gasteiger partial charge in [0.1, 0.15) is 19.7 Å². The largest absolute Gasteiger partial charge is 0.349 e. The molecule has 0 N–H and O–H groups in total. The van der Waals surface area contributed by atoms with E-state index in [2.05, 4.69) is 0 Å². The molecule has 1 aliphatic heterocycles. The van der Waals surface area contributed by atoms with E-state index in [9.17, 15) is 8.96 Å². The summed E-state index contributed by atoms with van der Waals surface area (Å²) in [5.74, 6) is -0.468. The standard InChI is InChI=1S/C8H16FO3P/c1-6-7(9)4-11-8(6)12-5-13(2,3)10/h6-8H,4-5H2,1-3H3/t6-,7+,8+/m0/s1/i4T/t4-,6-,7+,8+. The molecule has 1 fully saturated rings. The summed E-state index contributed by atoms with van der Waals surface area (Å²) in [6.07, 6.45) is -1.99. The van der Waals surface area contributed by atoms with E-state index in [0.29, 0.717) is 0 Å². The predicted octanol–water partition coefficient (Wildman–Crippen LogP) is 1.91. The molecule has 0 spiro atoms. The molecule has 4 atom stereocenters. The van der Waals surface area contributed by atoms with Crippen LogP contribution < -0.4 is 0 Å². The van der Waals surface area contributed by atoms with Crippen LogP contribution in [0.2, 0.25) is 0 Å². The van der Waals surface area contributed by atoms with Crippen LogP contribution >= 0.6 is 7.14 Å². The van der Waals surface area contributed by atoms with E-state index in [1.165, 1.54) is 0 Å². The summed E-state index contributed by atoms with van der Waals surface area (Å²) in [5.41, 5.74) is 0. The first-order valence-electron chi connectivity index (χ1n) is 4.76. The third-order valence-corrected chi connectivity index (χ3v) is 2.59. The molecule has 13 heavy (non-hydrogen) atoms. The van der Waals surface area contributed by atoms with E-state index >= 15 is 0 Å². The molecular formula is C8H16FO3P. The molecule has 1 rings (SSSR count). The Morgan fingerprint density at radius 3 is 2.77 bits per heavy atom. The van der Waals surface area contributed by atoms with E-state index in [1.807, 2.05) is 0 Å². The smallest absolute Gasteiger partial charge is 0.163 e. The van der Waals surface area contributed by atoms with Gasteiger partial charge in [0.2, 0.25) is 0 Å². The third kappa shape index (κ3) is 3.37. The van der Waals surface area contributed by atoms with Crippen molar-refractivity contribution in [3.63, 3.8) is 0 Å². The molecule has 5 heteroatoms. The topological polar surface area (TPSA) is 35.5 Å². The van der Waals surface area contributed by atoms with Crippen molar-refractivity contribution in [1.82, 2.24) is 0 Å². The molecule has 0 bridgehead atoms. The second-order valence-electron chi connectivity index (χ2n) is 3.81. The van der Waals surface area contributed by atoms with E-state index in [-0.39, 0.29) is 6.35 Å². The molecule has 0 aromatic heterocycles. The summed E-state index contributed by atoms with van der Waals surface area (Å²) in [4.78, 5) is 0. The average Bonchev–Trinajstić information content (AvgIpc) is 2.28. The highest BCUT2D eigenvalue weighted by Crippen LogP contribution is 2.37. The quantitative estimate of drug-likeness (QED) is 0.670. The lowest BCUT2D eigenvalue weighted by atomic mass is 10.1. The molecule has 1 heterocycles. The molecular weight excluding hydrogens is 194 g/mol. The highest BCUT2D eigenvalue weighted by atomic mass is 31.2. The summed E-state index contributed by atoms with van der Waals surface area (Å²) < 4.78 is 41.7. The Kier molecular flexibility index (Phi) is 3.02.